The summed E-state index contributed by atoms with van der Waals surface area (Å²) >= 11 is 0. The number of rotatable bonds is 3. The molecule has 2 aromatic heterocycles. The van der Waals surface area contributed by atoms with Gasteiger partial charge in [-0.3, -0.25) is 4.68 Å². The first-order valence-corrected chi connectivity index (χ1v) is 7.80. The second kappa shape index (κ2) is 6.10. The van der Waals surface area contributed by atoms with E-state index < -0.39 is 0 Å². The highest BCUT2D eigenvalue weighted by Crippen LogP contribution is 2.28. The molecule has 4 rings (SSSR count). The first-order chi connectivity index (χ1) is 12.2. The van der Waals surface area contributed by atoms with Crippen LogP contribution in [0.15, 0.2) is 61.2 Å². The van der Waals surface area contributed by atoms with Gasteiger partial charge >= 0.3 is 0 Å². The van der Waals surface area contributed by atoms with Gasteiger partial charge in [0.15, 0.2) is 0 Å². The highest BCUT2D eigenvalue weighted by atomic mass is 15.2. The fraction of sp³-hybridized carbons (Fsp3) is 0.0500. The molecule has 0 aliphatic heterocycles. The number of aromatic nitrogens is 4. The molecule has 0 unspecified atom stereocenters. The average molecular weight is 325 g/mol. The molecule has 4 aromatic rings. The Balaban J connectivity index is 1.79. The smallest absolute Gasteiger partial charge is 0.141 e. The van der Waals surface area contributed by atoms with E-state index in [1.807, 2.05) is 55.8 Å². The molecular weight excluding hydrogens is 310 g/mol. The maximum Gasteiger partial charge on any atom is 0.141 e. The molecule has 0 aliphatic rings. The van der Waals surface area contributed by atoms with E-state index in [-0.39, 0.29) is 0 Å². The van der Waals surface area contributed by atoms with Crippen LogP contribution >= 0.6 is 0 Å². The third-order valence-electron chi connectivity index (χ3n) is 3.97. The standard InChI is InChI=1S/C20H15N5/c1-3-14-5-4-6-17(9-14)24-20-18-10-15(16-11-23-25(2)12-16)7-8-19(18)21-13-22-20/h1,4-13H,2H3,(H,21,22,24). The van der Waals surface area contributed by atoms with Gasteiger partial charge in [0.05, 0.1) is 11.7 Å². The number of hydrogen-bond donors (Lipinski definition) is 1. The van der Waals surface area contributed by atoms with Gasteiger partial charge in [-0.15, -0.1) is 6.42 Å². The quantitative estimate of drug-likeness (QED) is 0.583. The van der Waals surface area contributed by atoms with Gasteiger partial charge < -0.3 is 5.32 Å². The van der Waals surface area contributed by atoms with Gasteiger partial charge in [-0.1, -0.05) is 18.1 Å². The molecule has 2 aromatic carbocycles. The third-order valence-corrected chi connectivity index (χ3v) is 3.97. The van der Waals surface area contributed by atoms with Crippen LogP contribution in [0.3, 0.4) is 0 Å². The van der Waals surface area contributed by atoms with Gasteiger partial charge in [-0.25, -0.2) is 9.97 Å². The normalized spacial score (nSPS) is 10.6. The lowest BCUT2D eigenvalue weighted by Crippen LogP contribution is -1.96. The van der Waals surface area contributed by atoms with E-state index in [0.29, 0.717) is 0 Å². The number of nitrogens with one attached hydrogen (secondary N) is 1. The van der Waals surface area contributed by atoms with Crippen LogP contribution in [0.25, 0.3) is 22.0 Å². The summed E-state index contributed by atoms with van der Waals surface area (Å²) in [5, 5.41) is 8.51. The molecule has 0 fully saturated rings. The minimum absolute atomic E-state index is 0.741. The van der Waals surface area contributed by atoms with Crippen LogP contribution in [-0.4, -0.2) is 19.7 Å². The van der Waals surface area contributed by atoms with Crippen LogP contribution < -0.4 is 5.32 Å². The molecule has 25 heavy (non-hydrogen) atoms. The fourth-order valence-electron chi connectivity index (χ4n) is 2.73. The van der Waals surface area contributed by atoms with Crippen molar-refractivity contribution in [2.75, 3.05) is 5.32 Å². The molecule has 0 amide bonds. The van der Waals surface area contributed by atoms with Crippen LogP contribution in [-0.2, 0) is 7.05 Å². The summed E-state index contributed by atoms with van der Waals surface area (Å²) < 4.78 is 1.78. The summed E-state index contributed by atoms with van der Waals surface area (Å²) in [5.74, 6) is 3.38. The monoisotopic (exact) mass is 325 g/mol. The Hall–Kier alpha value is -3.65. The Morgan fingerprint density at radius 1 is 1.08 bits per heavy atom. The zero-order chi connectivity index (χ0) is 17.2. The first-order valence-electron chi connectivity index (χ1n) is 7.80. The molecule has 0 spiro atoms. The fourth-order valence-corrected chi connectivity index (χ4v) is 2.73. The number of hydrogen-bond acceptors (Lipinski definition) is 4. The van der Waals surface area contributed by atoms with E-state index in [9.17, 15) is 0 Å². The Labute approximate surface area is 145 Å². The Morgan fingerprint density at radius 2 is 2.00 bits per heavy atom. The van der Waals surface area contributed by atoms with Crippen molar-refractivity contribution in [3.05, 3.63) is 66.7 Å². The van der Waals surface area contributed by atoms with E-state index in [1.165, 1.54) is 0 Å². The largest absolute Gasteiger partial charge is 0.340 e. The van der Waals surface area contributed by atoms with Crippen molar-refractivity contribution < 1.29 is 0 Å². The lowest BCUT2D eigenvalue weighted by atomic mass is 10.1. The molecule has 5 nitrogen and oxygen atoms in total. The minimum Gasteiger partial charge on any atom is -0.340 e. The van der Waals surface area contributed by atoms with Crippen molar-refractivity contribution >= 4 is 22.4 Å². The Bertz CT molecular complexity index is 1100. The molecule has 2 heterocycles. The molecule has 0 bridgehead atoms. The third kappa shape index (κ3) is 2.93. The number of aryl methyl sites for hydroxylation is 1. The second-order valence-corrected chi connectivity index (χ2v) is 5.71. The van der Waals surface area contributed by atoms with Crippen LogP contribution in [0.1, 0.15) is 5.56 Å². The molecule has 0 atom stereocenters. The van der Waals surface area contributed by atoms with Gasteiger partial charge in [0.1, 0.15) is 12.1 Å². The van der Waals surface area contributed by atoms with E-state index >= 15 is 0 Å². The predicted molar refractivity (Wildman–Crippen MR) is 99.4 cm³/mol. The van der Waals surface area contributed by atoms with Gasteiger partial charge in [-0.2, -0.15) is 5.10 Å². The zero-order valence-electron chi connectivity index (χ0n) is 13.6. The molecule has 1 N–H and O–H groups in total. The summed E-state index contributed by atoms with van der Waals surface area (Å²) in [7, 11) is 1.90. The molecule has 0 saturated carbocycles. The SMILES string of the molecule is C#Cc1cccc(Nc2ncnc3ccc(-c4cnn(C)c4)cc23)c1. The molecule has 5 heteroatoms. The maximum absolute atomic E-state index is 5.48. The second-order valence-electron chi connectivity index (χ2n) is 5.71. The van der Waals surface area contributed by atoms with Crippen LogP contribution in [0, 0.1) is 12.3 Å². The summed E-state index contributed by atoms with van der Waals surface area (Å²) in [4.78, 5) is 8.76. The topological polar surface area (TPSA) is 55.6 Å². The lowest BCUT2D eigenvalue weighted by molar-refractivity contribution is 0.768. The van der Waals surface area contributed by atoms with E-state index in [1.54, 1.807) is 11.0 Å². The van der Waals surface area contributed by atoms with Gasteiger partial charge in [-0.05, 0) is 35.9 Å². The van der Waals surface area contributed by atoms with E-state index in [4.69, 9.17) is 6.42 Å². The van der Waals surface area contributed by atoms with Crippen LogP contribution in [0.5, 0.6) is 0 Å². The molecule has 0 radical (unpaired) electrons. The molecule has 120 valence electrons. The minimum atomic E-state index is 0.741. The number of nitrogens with zero attached hydrogens (tertiary/aromatic N) is 4. The van der Waals surface area contributed by atoms with E-state index in [0.717, 1.165) is 39.1 Å². The molecule has 0 saturated heterocycles. The number of anilines is 2. The van der Waals surface area contributed by atoms with Gasteiger partial charge in [0.25, 0.3) is 0 Å². The highest BCUT2D eigenvalue weighted by Gasteiger charge is 2.08. The van der Waals surface area contributed by atoms with Crippen LogP contribution in [0.4, 0.5) is 11.5 Å². The van der Waals surface area contributed by atoms with Crippen molar-refractivity contribution in [2.24, 2.45) is 7.05 Å². The van der Waals surface area contributed by atoms with Crippen molar-refractivity contribution in [3.8, 4) is 23.5 Å². The number of benzene rings is 2. The lowest BCUT2D eigenvalue weighted by Gasteiger charge is -2.09. The maximum atomic E-state index is 5.48. The van der Waals surface area contributed by atoms with Crippen molar-refractivity contribution in [1.29, 1.82) is 0 Å². The highest BCUT2D eigenvalue weighted by molar-refractivity contribution is 5.93. The van der Waals surface area contributed by atoms with Gasteiger partial charge in [0.2, 0.25) is 0 Å². The van der Waals surface area contributed by atoms with Crippen molar-refractivity contribution in [1.82, 2.24) is 19.7 Å². The summed E-state index contributed by atoms with van der Waals surface area (Å²) in [6.07, 6.45) is 10.9. The Kier molecular flexibility index (Phi) is 3.64. The molecular formula is C20H15N5. The summed E-state index contributed by atoms with van der Waals surface area (Å²) in [5.41, 5.74) is 4.70. The molecule has 0 aliphatic carbocycles. The predicted octanol–water partition coefficient (Wildman–Crippen LogP) is 3.76. The number of fused-ring (bicyclic) bond motifs is 1. The van der Waals surface area contributed by atoms with Crippen molar-refractivity contribution in [3.63, 3.8) is 0 Å². The van der Waals surface area contributed by atoms with Crippen LogP contribution in [0.2, 0.25) is 0 Å². The van der Waals surface area contributed by atoms with Crippen molar-refractivity contribution in [2.45, 2.75) is 0 Å². The zero-order valence-corrected chi connectivity index (χ0v) is 13.6. The summed E-state index contributed by atoms with van der Waals surface area (Å²) in [6, 6.07) is 13.8. The number of terminal acetylenes is 1. The summed E-state index contributed by atoms with van der Waals surface area (Å²) in [6.45, 7) is 0. The Morgan fingerprint density at radius 3 is 2.80 bits per heavy atom. The average Bonchev–Trinajstić information content (AvgIpc) is 3.08. The van der Waals surface area contributed by atoms with Gasteiger partial charge in [0, 0.05) is 35.4 Å². The van der Waals surface area contributed by atoms with E-state index in [2.05, 4.69) is 32.4 Å². The first kappa shape index (κ1) is 14.9.